The fourth-order valence-electron chi connectivity index (χ4n) is 1.56. The summed E-state index contributed by atoms with van der Waals surface area (Å²) in [5.74, 6) is -1.81. The van der Waals surface area contributed by atoms with Crippen LogP contribution >= 0.6 is 15.9 Å². The Hall–Kier alpha value is -1.57. The van der Waals surface area contributed by atoms with Gasteiger partial charge in [0.25, 0.3) is 0 Å². The van der Waals surface area contributed by atoms with Crippen molar-refractivity contribution in [3.8, 4) is 5.75 Å². The summed E-state index contributed by atoms with van der Waals surface area (Å²) in [5, 5.41) is 0.318. The molecule has 21 heavy (non-hydrogen) atoms. The van der Waals surface area contributed by atoms with Crippen LogP contribution in [0.3, 0.4) is 0 Å². The van der Waals surface area contributed by atoms with Crippen molar-refractivity contribution in [3.05, 3.63) is 29.3 Å². The maximum absolute atomic E-state index is 12.2. The molecule has 0 unspecified atom stereocenters. The Morgan fingerprint density at radius 1 is 1.24 bits per heavy atom. The smallest absolute Gasteiger partial charge is 0.462 e. The van der Waals surface area contributed by atoms with E-state index in [4.69, 9.17) is 4.74 Å². The first-order valence-corrected chi connectivity index (χ1v) is 7.06. The second kappa shape index (κ2) is 7.44. The van der Waals surface area contributed by atoms with Crippen LogP contribution in [0.15, 0.2) is 18.2 Å². The van der Waals surface area contributed by atoms with Crippen LogP contribution in [0, 0.1) is 0 Å². The second-order valence-electron chi connectivity index (χ2n) is 3.84. The molecule has 0 aliphatic rings. The van der Waals surface area contributed by atoms with Gasteiger partial charge in [-0.15, -0.1) is 13.2 Å². The molecular weight excluding hydrogens is 357 g/mol. The number of benzene rings is 1. The normalized spacial score (nSPS) is 11.1. The number of hydrogen-bond donors (Lipinski definition) is 0. The summed E-state index contributed by atoms with van der Waals surface area (Å²) in [5.41, 5.74) is -0.244. The minimum atomic E-state index is -4.87. The molecule has 0 saturated carbocycles. The van der Waals surface area contributed by atoms with Crippen LogP contribution in [0.4, 0.5) is 13.2 Å². The third-order valence-electron chi connectivity index (χ3n) is 2.34. The van der Waals surface area contributed by atoms with Crippen molar-refractivity contribution in [2.45, 2.75) is 19.7 Å². The Morgan fingerprint density at radius 2 is 1.90 bits per heavy atom. The van der Waals surface area contributed by atoms with E-state index in [1.165, 1.54) is 0 Å². The molecule has 0 atom stereocenters. The molecule has 1 aromatic carbocycles. The predicted molar refractivity (Wildman–Crippen MR) is 71.8 cm³/mol. The lowest BCUT2D eigenvalue weighted by atomic mass is 10.0. The minimum Gasteiger partial charge on any atom is -0.462 e. The number of halogens is 4. The van der Waals surface area contributed by atoms with Crippen LogP contribution in [-0.2, 0) is 4.74 Å². The Balaban J connectivity index is 3.19. The van der Waals surface area contributed by atoms with Crippen LogP contribution in [-0.4, -0.2) is 30.1 Å². The summed E-state index contributed by atoms with van der Waals surface area (Å²) in [4.78, 5) is 23.6. The monoisotopic (exact) mass is 368 g/mol. The van der Waals surface area contributed by atoms with E-state index in [-0.39, 0.29) is 24.2 Å². The number of carbonyl (C=O) groups is 2. The third kappa shape index (κ3) is 5.37. The summed E-state index contributed by atoms with van der Waals surface area (Å²) in [6, 6.07) is 2.94. The summed E-state index contributed by atoms with van der Waals surface area (Å²) in [7, 11) is 0. The molecule has 0 aliphatic carbocycles. The number of rotatable bonds is 6. The number of carbonyl (C=O) groups excluding carboxylic acids is 2. The van der Waals surface area contributed by atoms with Crippen molar-refractivity contribution in [3.63, 3.8) is 0 Å². The molecule has 0 bridgehead atoms. The van der Waals surface area contributed by atoms with Crippen molar-refractivity contribution >= 4 is 27.7 Å². The number of esters is 1. The topological polar surface area (TPSA) is 52.6 Å². The molecule has 116 valence electrons. The maximum Gasteiger partial charge on any atom is 0.573 e. The van der Waals surface area contributed by atoms with E-state index in [0.29, 0.717) is 5.33 Å². The average Bonchev–Trinajstić information content (AvgIpc) is 2.37. The van der Waals surface area contributed by atoms with Gasteiger partial charge in [0.15, 0.2) is 5.78 Å². The van der Waals surface area contributed by atoms with Crippen molar-refractivity contribution < 1.29 is 32.2 Å². The highest BCUT2D eigenvalue weighted by atomic mass is 79.9. The van der Waals surface area contributed by atoms with E-state index in [9.17, 15) is 22.8 Å². The van der Waals surface area contributed by atoms with Gasteiger partial charge in [0.1, 0.15) is 5.75 Å². The lowest BCUT2D eigenvalue weighted by molar-refractivity contribution is -0.274. The lowest BCUT2D eigenvalue weighted by Gasteiger charge is -2.12. The van der Waals surface area contributed by atoms with Crippen molar-refractivity contribution in [1.29, 1.82) is 0 Å². The van der Waals surface area contributed by atoms with Crippen LogP contribution in [0.1, 0.15) is 34.1 Å². The molecular formula is C13H12BrF3O4. The molecule has 0 aliphatic heterocycles. The number of hydrogen-bond acceptors (Lipinski definition) is 4. The van der Waals surface area contributed by atoms with Gasteiger partial charge in [0.05, 0.1) is 12.2 Å². The molecule has 0 heterocycles. The molecule has 1 rings (SSSR count). The summed E-state index contributed by atoms with van der Waals surface area (Å²) in [6.45, 7) is 1.67. The van der Waals surface area contributed by atoms with Gasteiger partial charge in [-0.25, -0.2) is 4.79 Å². The van der Waals surface area contributed by atoms with Crippen molar-refractivity contribution in [2.24, 2.45) is 0 Å². The Morgan fingerprint density at radius 3 is 2.43 bits per heavy atom. The molecule has 0 spiro atoms. The van der Waals surface area contributed by atoms with Crippen LogP contribution < -0.4 is 4.74 Å². The van der Waals surface area contributed by atoms with E-state index in [2.05, 4.69) is 20.7 Å². The van der Waals surface area contributed by atoms with Crippen molar-refractivity contribution in [2.75, 3.05) is 11.9 Å². The van der Waals surface area contributed by atoms with Gasteiger partial charge >= 0.3 is 12.3 Å². The predicted octanol–water partition coefficient (Wildman–Crippen LogP) is 3.73. The molecule has 0 saturated heterocycles. The van der Waals surface area contributed by atoms with Gasteiger partial charge in [-0.2, -0.15) is 0 Å². The zero-order valence-electron chi connectivity index (χ0n) is 11.0. The number of ether oxygens (including phenoxy) is 2. The summed E-state index contributed by atoms with van der Waals surface area (Å²) in [6.07, 6.45) is -4.84. The SMILES string of the molecule is CCOC(=O)c1ccc(OC(F)(F)F)cc1C(=O)CCBr. The minimum absolute atomic E-state index is 0.0296. The molecule has 4 nitrogen and oxygen atoms in total. The number of Topliss-reactive ketones (excluding diaryl/α,β-unsaturated/α-hetero) is 1. The van der Waals surface area contributed by atoms with Gasteiger partial charge in [-0.05, 0) is 25.1 Å². The fourth-order valence-corrected chi connectivity index (χ4v) is 1.92. The van der Waals surface area contributed by atoms with Gasteiger partial charge < -0.3 is 9.47 Å². The standard InChI is InChI=1S/C13H12BrF3O4/c1-2-20-12(19)9-4-3-8(21-13(15,16)17)7-10(9)11(18)5-6-14/h3-4,7H,2,5-6H2,1H3. The highest BCUT2D eigenvalue weighted by Crippen LogP contribution is 2.26. The van der Waals surface area contributed by atoms with E-state index in [1.54, 1.807) is 6.92 Å². The van der Waals surface area contributed by atoms with Gasteiger partial charge in [0, 0.05) is 17.3 Å². The van der Waals surface area contributed by atoms with Crippen molar-refractivity contribution in [1.82, 2.24) is 0 Å². The number of ketones is 1. The lowest BCUT2D eigenvalue weighted by Crippen LogP contribution is -2.18. The number of alkyl halides is 4. The van der Waals surface area contributed by atoms with Crippen LogP contribution in [0.25, 0.3) is 0 Å². The fraction of sp³-hybridized carbons (Fsp3) is 0.385. The quantitative estimate of drug-likeness (QED) is 0.436. The molecule has 0 fully saturated rings. The van der Waals surface area contributed by atoms with Gasteiger partial charge in [-0.3, -0.25) is 4.79 Å². The molecule has 0 amide bonds. The van der Waals surface area contributed by atoms with E-state index in [1.807, 2.05) is 0 Å². The third-order valence-corrected chi connectivity index (χ3v) is 2.74. The summed E-state index contributed by atoms with van der Waals surface area (Å²) >= 11 is 3.06. The zero-order chi connectivity index (χ0) is 16.0. The Labute approximate surface area is 127 Å². The van der Waals surface area contributed by atoms with Crippen LogP contribution in [0.5, 0.6) is 5.75 Å². The largest absolute Gasteiger partial charge is 0.573 e. The average molecular weight is 369 g/mol. The molecule has 0 radical (unpaired) electrons. The molecule has 8 heteroatoms. The molecule has 0 aromatic heterocycles. The highest BCUT2D eigenvalue weighted by Gasteiger charge is 2.32. The molecule has 0 N–H and O–H groups in total. The Kier molecular flexibility index (Phi) is 6.19. The van der Waals surface area contributed by atoms with E-state index >= 15 is 0 Å². The van der Waals surface area contributed by atoms with E-state index < -0.39 is 23.9 Å². The zero-order valence-corrected chi connectivity index (χ0v) is 12.6. The highest BCUT2D eigenvalue weighted by molar-refractivity contribution is 9.09. The van der Waals surface area contributed by atoms with Crippen LogP contribution in [0.2, 0.25) is 0 Å². The van der Waals surface area contributed by atoms with Gasteiger partial charge in [0.2, 0.25) is 0 Å². The Bertz CT molecular complexity index is 529. The van der Waals surface area contributed by atoms with E-state index in [0.717, 1.165) is 18.2 Å². The first-order valence-electron chi connectivity index (χ1n) is 5.94. The summed E-state index contributed by atoms with van der Waals surface area (Å²) < 4.78 is 45.1. The first kappa shape index (κ1) is 17.5. The maximum atomic E-state index is 12.2. The van der Waals surface area contributed by atoms with Gasteiger partial charge in [-0.1, -0.05) is 15.9 Å². The molecule has 1 aromatic rings. The second-order valence-corrected chi connectivity index (χ2v) is 4.63. The first-order chi connectivity index (χ1) is 9.78.